The molecule has 0 aliphatic carbocycles. The predicted molar refractivity (Wildman–Crippen MR) is 72.5 cm³/mol. The van der Waals surface area contributed by atoms with Crippen molar-refractivity contribution in [3.8, 4) is 0 Å². The third-order valence-corrected chi connectivity index (χ3v) is 3.30. The van der Waals surface area contributed by atoms with Crippen LogP contribution in [0.2, 0.25) is 5.02 Å². The van der Waals surface area contributed by atoms with Crippen LogP contribution in [-0.4, -0.2) is 26.3 Å². The Morgan fingerprint density at radius 2 is 2.18 bits per heavy atom. The molecule has 0 heterocycles. The van der Waals surface area contributed by atoms with Gasteiger partial charge in [-0.25, -0.2) is 0 Å². The fraction of sp³-hybridized carbons (Fsp3) is 0.538. The van der Waals surface area contributed by atoms with Crippen LogP contribution in [0.1, 0.15) is 24.1 Å². The maximum Gasteiger partial charge on any atom is 0.0667 e. The molecule has 0 aromatic heterocycles. The van der Waals surface area contributed by atoms with Crippen LogP contribution in [0.5, 0.6) is 0 Å². The molecule has 3 nitrogen and oxygen atoms in total. The Balaban J connectivity index is 2.69. The van der Waals surface area contributed by atoms with Gasteiger partial charge in [0, 0.05) is 31.3 Å². The van der Waals surface area contributed by atoms with Crippen molar-refractivity contribution >= 4 is 11.6 Å². The molecule has 3 N–H and O–H groups in total. The Morgan fingerprint density at radius 3 is 2.71 bits per heavy atom. The van der Waals surface area contributed by atoms with Crippen molar-refractivity contribution in [1.82, 2.24) is 5.32 Å². The normalized spacial score (nSPS) is 14.6. The summed E-state index contributed by atoms with van der Waals surface area (Å²) < 4.78 is 5.19. The van der Waals surface area contributed by atoms with E-state index in [0.717, 1.165) is 22.7 Å². The summed E-state index contributed by atoms with van der Waals surface area (Å²) in [5.41, 5.74) is 7.97. The SMILES string of the molecule is COC(C)CNC(CN)c1ccc(C)c(Cl)c1. The van der Waals surface area contributed by atoms with Crippen molar-refractivity contribution < 1.29 is 4.74 Å². The highest BCUT2D eigenvalue weighted by atomic mass is 35.5. The molecule has 0 spiro atoms. The number of rotatable bonds is 6. The Labute approximate surface area is 108 Å². The van der Waals surface area contributed by atoms with Crippen molar-refractivity contribution in [2.75, 3.05) is 20.2 Å². The van der Waals surface area contributed by atoms with Crippen molar-refractivity contribution in [3.63, 3.8) is 0 Å². The fourth-order valence-electron chi connectivity index (χ4n) is 1.55. The van der Waals surface area contributed by atoms with Crippen LogP contribution in [0.4, 0.5) is 0 Å². The maximum atomic E-state index is 6.11. The molecule has 0 saturated carbocycles. The van der Waals surface area contributed by atoms with Crippen LogP contribution < -0.4 is 11.1 Å². The molecule has 0 fully saturated rings. The van der Waals surface area contributed by atoms with E-state index in [0.29, 0.717) is 6.54 Å². The number of halogens is 1. The van der Waals surface area contributed by atoms with Gasteiger partial charge in [0.1, 0.15) is 0 Å². The van der Waals surface area contributed by atoms with E-state index < -0.39 is 0 Å². The molecule has 0 saturated heterocycles. The minimum absolute atomic E-state index is 0.116. The minimum atomic E-state index is 0.116. The lowest BCUT2D eigenvalue weighted by molar-refractivity contribution is 0.114. The molecule has 0 radical (unpaired) electrons. The second-order valence-corrected chi connectivity index (χ2v) is 4.66. The smallest absolute Gasteiger partial charge is 0.0667 e. The van der Waals surface area contributed by atoms with E-state index in [1.54, 1.807) is 7.11 Å². The first-order valence-corrected chi connectivity index (χ1v) is 6.18. The van der Waals surface area contributed by atoms with E-state index in [-0.39, 0.29) is 12.1 Å². The van der Waals surface area contributed by atoms with Crippen LogP contribution in [0.15, 0.2) is 18.2 Å². The largest absolute Gasteiger partial charge is 0.380 e. The van der Waals surface area contributed by atoms with E-state index in [4.69, 9.17) is 22.1 Å². The van der Waals surface area contributed by atoms with E-state index in [2.05, 4.69) is 11.4 Å². The molecule has 1 rings (SSSR count). The summed E-state index contributed by atoms with van der Waals surface area (Å²) in [6, 6.07) is 6.16. The summed E-state index contributed by atoms with van der Waals surface area (Å²) in [5.74, 6) is 0. The molecular weight excluding hydrogens is 236 g/mol. The van der Waals surface area contributed by atoms with Crippen molar-refractivity contribution in [2.45, 2.75) is 26.0 Å². The quantitative estimate of drug-likeness (QED) is 0.821. The van der Waals surface area contributed by atoms with Gasteiger partial charge in [0.15, 0.2) is 0 Å². The molecule has 96 valence electrons. The van der Waals surface area contributed by atoms with E-state index in [9.17, 15) is 0 Å². The van der Waals surface area contributed by atoms with Gasteiger partial charge in [-0.05, 0) is 31.0 Å². The van der Waals surface area contributed by atoms with Gasteiger partial charge >= 0.3 is 0 Å². The number of hydrogen-bond donors (Lipinski definition) is 2. The Bertz CT molecular complexity index is 357. The van der Waals surface area contributed by atoms with Crippen LogP contribution in [0, 0.1) is 6.92 Å². The first-order chi connectivity index (χ1) is 8.08. The van der Waals surface area contributed by atoms with Gasteiger partial charge < -0.3 is 15.8 Å². The van der Waals surface area contributed by atoms with E-state index in [1.807, 2.05) is 26.0 Å². The average Bonchev–Trinajstić information content (AvgIpc) is 2.33. The molecule has 1 aromatic carbocycles. The lowest BCUT2D eigenvalue weighted by Gasteiger charge is -2.20. The molecule has 2 atom stereocenters. The summed E-state index contributed by atoms with van der Waals surface area (Å²) in [6.07, 6.45) is 0.171. The highest BCUT2D eigenvalue weighted by molar-refractivity contribution is 6.31. The number of benzene rings is 1. The number of nitrogens with two attached hydrogens (primary N) is 1. The third-order valence-electron chi connectivity index (χ3n) is 2.89. The summed E-state index contributed by atoms with van der Waals surface area (Å²) in [7, 11) is 1.70. The summed E-state index contributed by atoms with van der Waals surface area (Å²) >= 11 is 6.11. The van der Waals surface area contributed by atoms with Gasteiger partial charge in [0.2, 0.25) is 0 Å². The van der Waals surface area contributed by atoms with E-state index in [1.165, 1.54) is 0 Å². The Hall–Kier alpha value is -0.610. The minimum Gasteiger partial charge on any atom is -0.380 e. The molecular formula is C13H21ClN2O. The highest BCUT2D eigenvalue weighted by Gasteiger charge is 2.11. The predicted octanol–water partition coefficient (Wildman–Crippen LogP) is 2.27. The number of methoxy groups -OCH3 is 1. The molecule has 17 heavy (non-hydrogen) atoms. The Morgan fingerprint density at radius 1 is 1.47 bits per heavy atom. The zero-order valence-corrected chi connectivity index (χ0v) is 11.4. The van der Waals surface area contributed by atoms with Gasteiger partial charge in [0.05, 0.1) is 6.10 Å². The number of aryl methyl sites for hydroxylation is 1. The van der Waals surface area contributed by atoms with E-state index >= 15 is 0 Å². The molecule has 0 bridgehead atoms. The van der Waals surface area contributed by atoms with Crippen LogP contribution in [0.25, 0.3) is 0 Å². The standard InChI is InChI=1S/C13H21ClN2O/c1-9-4-5-11(6-12(9)14)13(7-15)16-8-10(2)17-3/h4-6,10,13,16H,7-8,15H2,1-3H3. The first-order valence-electron chi connectivity index (χ1n) is 5.80. The zero-order valence-electron chi connectivity index (χ0n) is 10.7. The van der Waals surface area contributed by atoms with Crippen LogP contribution in [-0.2, 0) is 4.74 Å². The van der Waals surface area contributed by atoms with Crippen LogP contribution in [0.3, 0.4) is 0 Å². The molecule has 4 heteroatoms. The first kappa shape index (κ1) is 14.5. The third kappa shape index (κ3) is 4.28. The van der Waals surface area contributed by atoms with Gasteiger partial charge in [-0.15, -0.1) is 0 Å². The Kier molecular flexibility index (Phi) is 5.92. The maximum absolute atomic E-state index is 6.11. The average molecular weight is 257 g/mol. The van der Waals surface area contributed by atoms with Gasteiger partial charge in [0.25, 0.3) is 0 Å². The van der Waals surface area contributed by atoms with Crippen molar-refractivity contribution in [1.29, 1.82) is 0 Å². The van der Waals surface area contributed by atoms with Gasteiger partial charge in [-0.2, -0.15) is 0 Å². The molecule has 0 amide bonds. The fourth-order valence-corrected chi connectivity index (χ4v) is 1.74. The second kappa shape index (κ2) is 6.97. The number of nitrogens with one attached hydrogen (secondary N) is 1. The second-order valence-electron chi connectivity index (χ2n) is 4.25. The lowest BCUT2D eigenvalue weighted by Crippen LogP contribution is -2.34. The lowest BCUT2D eigenvalue weighted by atomic mass is 10.0. The van der Waals surface area contributed by atoms with Gasteiger partial charge in [-0.1, -0.05) is 23.7 Å². The number of hydrogen-bond acceptors (Lipinski definition) is 3. The summed E-state index contributed by atoms with van der Waals surface area (Å²) in [4.78, 5) is 0. The molecule has 0 aliphatic heterocycles. The monoisotopic (exact) mass is 256 g/mol. The summed E-state index contributed by atoms with van der Waals surface area (Å²) in [5, 5.41) is 4.15. The summed E-state index contributed by atoms with van der Waals surface area (Å²) in [6.45, 7) is 5.31. The molecule has 0 aliphatic rings. The molecule has 2 unspecified atom stereocenters. The zero-order chi connectivity index (χ0) is 12.8. The number of ether oxygens (including phenoxy) is 1. The van der Waals surface area contributed by atoms with Crippen LogP contribution >= 0.6 is 11.6 Å². The van der Waals surface area contributed by atoms with Gasteiger partial charge in [-0.3, -0.25) is 0 Å². The van der Waals surface area contributed by atoms with Crippen molar-refractivity contribution in [3.05, 3.63) is 34.3 Å². The topological polar surface area (TPSA) is 47.3 Å². The van der Waals surface area contributed by atoms with Crippen molar-refractivity contribution in [2.24, 2.45) is 5.73 Å². The highest BCUT2D eigenvalue weighted by Crippen LogP contribution is 2.20. The molecule has 1 aromatic rings.